The molecule has 1 aromatic carbocycles. The first kappa shape index (κ1) is 20.2. The fraction of sp³-hybridized carbons (Fsp3) is 0.579. The molecule has 0 saturated heterocycles. The molecular formula is C19H29NO4. The molecule has 0 radical (unpaired) electrons. The highest BCUT2D eigenvalue weighted by Crippen LogP contribution is 2.10. The van der Waals surface area contributed by atoms with Gasteiger partial charge in [0.25, 0.3) is 0 Å². The molecule has 24 heavy (non-hydrogen) atoms. The molecule has 0 aliphatic heterocycles. The van der Waals surface area contributed by atoms with Crippen LogP contribution in [0.3, 0.4) is 0 Å². The van der Waals surface area contributed by atoms with Gasteiger partial charge in [-0.15, -0.1) is 0 Å². The molecule has 2 atom stereocenters. The Morgan fingerprint density at radius 2 is 1.75 bits per heavy atom. The minimum Gasteiger partial charge on any atom is -0.444 e. The number of Topliss-reactive ketones (excluding diaryl/α,β-unsaturated/α-hetero) is 1. The second kappa shape index (κ2) is 9.42. The molecule has 5 nitrogen and oxygen atoms in total. The van der Waals surface area contributed by atoms with Gasteiger partial charge in [-0.2, -0.15) is 0 Å². The molecule has 1 amide bonds. The van der Waals surface area contributed by atoms with Crippen molar-refractivity contribution >= 4 is 11.9 Å². The van der Waals surface area contributed by atoms with Gasteiger partial charge in [0, 0.05) is 13.0 Å². The summed E-state index contributed by atoms with van der Waals surface area (Å²) in [5.41, 5.74) is 0.529. The van der Waals surface area contributed by atoms with Crippen molar-refractivity contribution in [3.63, 3.8) is 0 Å². The summed E-state index contributed by atoms with van der Waals surface area (Å²) < 4.78 is 10.8. The molecule has 0 aliphatic rings. The highest BCUT2D eigenvalue weighted by Gasteiger charge is 2.22. The smallest absolute Gasteiger partial charge is 0.408 e. The maximum Gasteiger partial charge on any atom is 0.408 e. The Morgan fingerprint density at radius 1 is 1.12 bits per heavy atom. The van der Waals surface area contributed by atoms with Crippen molar-refractivity contribution in [2.75, 3.05) is 6.61 Å². The van der Waals surface area contributed by atoms with Gasteiger partial charge in [0.2, 0.25) is 0 Å². The molecular weight excluding hydrogens is 306 g/mol. The normalized spacial score (nSPS) is 13.9. The van der Waals surface area contributed by atoms with E-state index in [-0.39, 0.29) is 11.7 Å². The minimum atomic E-state index is -0.578. The number of rotatable bonds is 8. The van der Waals surface area contributed by atoms with Crippen molar-refractivity contribution < 1.29 is 19.1 Å². The van der Waals surface area contributed by atoms with Crippen molar-refractivity contribution in [2.45, 2.75) is 59.3 Å². The molecule has 1 N–H and O–H groups in total. The van der Waals surface area contributed by atoms with Gasteiger partial charge >= 0.3 is 6.09 Å². The minimum absolute atomic E-state index is 0.0309. The zero-order valence-electron chi connectivity index (χ0n) is 15.3. The summed E-state index contributed by atoms with van der Waals surface area (Å²) in [5.74, 6) is 0.0563. The maximum atomic E-state index is 12.2. The van der Waals surface area contributed by atoms with Gasteiger partial charge in [0.05, 0.1) is 12.6 Å². The summed E-state index contributed by atoms with van der Waals surface area (Å²) in [5, 5.41) is 2.57. The van der Waals surface area contributed by atoms with Crippen LogP contribution in [-0.4, -0.2) is 30.1 Å². The Labute approximate surface area is 144 Å². The number of amides is 1. The molecule has 0 spiro atoms. The van der Waals surface area contributed by atoms with E-state index in [1.165, 1.54) is 0 Å². The first-order chi connectivity index (χ1) is 11.2. The third-order valence-electron chi connectivity index (χ3n) is 3.28. The lowest BCUT2D eigenvalue weighted by Gasteiger charge is -2.22. The summed E-state index contributed by atoms with van der Waals surface area (Å²) in [6.07, 6.45) is -0.220. The summed E-state index contributed by atoms with van der Waals surface area (Å²) in [7, 11) is 0. The molecule has 1 aromatic rings. The first-order valence-electron chi connectivity index (χ1n) is 8.31. The topological polar surface area (TPSA) is 64.6 Å². The molecule has 0 heterocycles. The van der Waals surface area contributed by atoms with Crippen LogP contribution in [0.25, 0.3) is 0 Å². The predicted molar refractivity (Wildman–Crippen MR) is 93.7 cm³/mol. The van der Waals surface area contributed by atoms with Crippen molar-refractivity contribution in [1.82, 2.24) is 5.32 Å². The first-order valence-corrected chi connectivity index (χ1v) is 8.31. The second-order valence-corrected chi connectivity index (χ2v) is 7.14. The van der Waals surface area contributed by atoms with E-state index < -0.39 is 17.7 Å². The molecule has 1 unspecified atom stereocenters. The number of hydrogen-bond acceptors (Lipinski definition) is 4. The monoisotopic (exact) mass is 335 g/mol. The summed E-state index contributed by atoms with van der Waals surface area (Å²) in [4.78, 5) is 23.8. The number of benzene rings is 1. The average Bonchev–Trinajstić information content (AvgIpc) is 2.46. The fourth-order valence-electron chi connectivity index (χ4n) is 2.10. The van der Waals surface area contributed by atoms with Crippen LogP contribution >= 0.6 is 0 Å². The van der Waals surface area contributed by atoms with E-state index in [4.69, 9.17) is 9.47 Å². The van der Waals surface area contributed by atoms with Crippen LogP contribution in [0.15, 0.2) is 30.3 Å². The van der Waals surface area contributed by atoms with E-state index in [2.05, 4.69) is 5.32 Å². The van der Waals surface area contributed by atoms with Gasteiger partial charge in [-0.05, 0) is 39.2 Å². The Balaban J connectivity index is 2.28. The summed E-state index contributed by atoms with van der Waals surface area (Å²) in [6.45, 7) is 10.0. The van der Waals surface area contributed by atoms with Crippen LogP contribution in [0, 0.1) is 5.92 Å². The molecule has 0 aliphatic carbocycles. The summed E-state index contributed by atoms with van der Waals surface area (Å²) >= 11 is 0. The van der Waals surface area contributed by atoms with Crippen LogP contribution in [0.4, 0.5) is 4.79 Å². The number of ketones is 1. The molecule has 0 fully saturated rings. The largest absolute Gasteiger partial charge is 0.444 e. The SMILES string of the molecule is CC(COCc1ccccc1)CC(=O)[C@@H](C)NC(=O)OC(C)(C)C. The number of carbonyl (C=O) groups is 2. The van der Waals surface area contributed by atoms with Crippen LogP contribution in [-0.2, 0) is 20.9 Å². The van der Waals surface area contributed by atoms with Crippen LogP contribution < -0.4 is 5.32 Å². The Hall–Kier alpha value is -1.88. The number of alkyl carbamates (subject to hydrolysis) is 1. The number of ether oxygens (including phenoxy) is 2. The Morgan fingerprint density at radius 3 is 2.33 bits per heavy atom. The van der Waals surface area contributed by atoms with Crippen LogP contribution in [0.5, 0.6) is 0 Å². The van der Waals surface area contributed by atoms with E-state index in [0.29, 0.717) is 19.6 Å². The van der Waals surface area contributed by atoms with Gasteiger partial charge in [-0.25, -0.2) is 4.79 Å². The van der Waals surface area contributed by atoms with E-state index in [1.807, 2.05) is 37.3 Å². The van der Waals surface area contributed by atoms with Crippen molar-refractivity contribution in [3.8, 4) is 0 Å². The van der Waals surface area contributed by atoms with Gasteiger partial charge in [0.15, 0.2) is 5.78 Å². The highest BCUT2D eigenvalue weighted by molar-refractivity contribution is 5.87. The second-order valence-electron chi connectivity index (χ2n) is 7.14. The molecule has 0 aromatic heterocycles. The zero-order chi connectivity index (χ0) is 18.2. The number of hydrogen-bond donors (Lipinski definition) is 1. The van der Waals surface area contributed by atoms with Crippen molar-refractivity contribution in [2.24, 2.45) is 5.92 Å². The lowest BCUT2D eigenvalue weighted by molar-refractivity contribution is -0.122. The number of carbonyl (C=O) groups excluding carboxylic acids is 2. The third-order valence-corrected chi connectivity index (χ3v) is 3.28. The molecule has 1 rings (SSSR count). The average molecular weight is 335 g/mol. The number of nitrogens with one attached hydrogen (secondary N) is 1. The lowest BCUT2D eigenvalue weighted by Crippen LogP contribution is -2.42. The van der Waals surface area contributed by atoms with Crippen LogP contribution in [0.1, 0.15) is 46.6 Å². The maximum absolute atomic E-state index is 12.2. The lowest BCUT2D eigenvalue weighted by atomic mass is 10.0. The van der Waals surface area contributed by atoms with E-state index in [9.17, 15) is 9.59 Å². The fourth-order valence-corrected chi connectivity index (χ4v) is 2.10. The molecule has 134 valence electrons. The molecule has 0 bridgehead atoms. The van der Waals surface area contributed by atoms with E-state index >= 15 is 0 Å². The van der Waals surface area contributed by atoms with Gasteiger partial charge < -0.3 is 14.8 Å². The van der Waals surface area contributed by atoms with Crippen molar-refractivity contribution in [1.29, 1.82) is 0 Å². The highest BCUT2D eigenvalue weighted by atomic mass is 16.6. The standard InChI is InChI=1S/C19H29NO4/c1-14(12-23-13-16-9-7-6-8-10-16)11-17(21)15(2)20-18(22)24-19(3,4)5/h6-10,14-15H,11-13H2,1-5H3,(H,20,22)/t14?,15-/m1/s1. The molecule has 0 saturated carbocycles. The van der Waals surface area contributed by atoms with Crippen molar-refractivity contribution in [3.05, 3.63) is 35.9 Å². The Bertz CT molecular complexity index is 522. The van der Waals surface area contributed by atoms with E-state index in [0.717, 1.165) is 5.56 Å². The van der Waals surface area contributed by atoms with Gasteiger partial charge in [-0.1, -0.05) is 37.3 Å². The van der Waals surface area contributed by atoms with Gasteiger partial charge in [-0.3, -0.25) is 4.79 Å². The zero-order valence-corrected chi connectivity index (χ0v) is 15.3. The quantitative estimate of drug-likeness (QED) is 0.786. The third kappa shape index (κ3) is 8.67. The predicted octanol–water partition coefficient (Wildman–Crippen LogP) is 3.71. The summed E-state index contributed by atoms with van der Waals surface area (Å²) in [6, 6.07) is 9.33. The van der Waals surface area contributed by atoms with Crippen LogP contribution in [0.2, 0.25) is 0 Å². The molecule has 5 heteroatoms. The Kier molecular flexibility index (Phi) is 7.92. The van der Waals surface area contributed by atoms with Gasteiger partial charge in [0.1, 0.15) is 5.60 Å². The van der Waals surface area contributed by atoms with E-state index in [1.54, 1.807) is 27.7 Å².